The van der Waals surface area contributed by atoms with Gasteiger partial charge in [0.15, 0.2) is 0 Å². The summed E-state index contributed by atoms with van der Waals surface area (Å²) in [7, 11) is 0. The number of rotatable bonds is 7. The zero-order valence-electron chi connectivity index (χ0n) is 10.9. The van der Waals surface area contributed by atoms with Crippen molar-refractivity contribution in [3.63, 3.8) is 0 Å². The van der Waals surface area contributed by atoms with E-state index in [1.165, 1.54) is 5.56 Å². The predicted octanol–water partition coefficient (Wildman–Crippen LogP) is 2.64. The van der Waals surface area contributed by atoms with E-state index in [1.54, 1.807) is 0 Å². The van der Waals surface area contributed by atoms with Gasteiger partial charge in [-0.2, -0.15) is 0 Å². The van der Waals surface area contributed by atoms with Crippen LogP contribution in [0, 0.1) is 11.3 Å². The first-order valence-electron chi connectivity index (χ1n) is 6.40. The molecule has 0 amide bonds. The Bertz CT molecular complexity index is 302. The highest BCUT2D eigenvalue weighted by Gasteiger charge is 2.31. The van der Waals surface area contributed by atoms with E-state index in [0.29, 0.717) is 5.92 Å². The van der Waals surface area contributed by atoms with Gasteiger partial charge in [-0.05, 0) is 30.7 Å². The molecule has 2 N–H and O–H groups in total. The van der Waals surface area contributed by atoms with Crippen LogP contribution in [-0.4, -0.2) is 23.4 Å². The summed E-state index contributed by atoms with van der Waals surface area (Å²) in [6.07, 6.45) is 2.88. The molecule has 0 atom stereocenters. The van der Waals surface area contributed by atoms with Gasteiger partial charge in [-0.3, -0.25) is 0 Å². The lowest BCUT2D eigenvalue weighted by Gasteiger charge is -2.34. The second-order valence-corrected chi connectivity index (χ2v) is 5.17. The molecular weight excluding hydrogens is 212 g/mol. The van der Waals surface area contributed by atoms with E-state index in [0.717, 1.165) is 19.3 Å². The molecule has 0 spiro atoms. The number of aryl methyl sites for hydroxylation is 1. The van der Waals surface area contributed by atoms with Gasteiger partial charge < -0.3 is 10.2 Å². The van der Waals surface area contributed by atoms with Gasteiger partial charge in [0.2, 0.25) is 0 Å². The first-order valence-corrected chi connectivity index (χ1v) is 6.40. The number of aliphatic hydroxyl groups is 2. The number of hydrogen-bond donors (Lipinski definition) is 2. The molecule has 1 aromatic rings. The average molecular weight is 236 g/mol. The van der Waals surface area contributed by atoms with Crippen LogP contribution in [0.2, 0.25) is 0 Å². The fraction of sp³-hybridized carbons (Fsp3) is 0.600. The highest BCUT2D eigenvalue weighted by atomic mass is 16.3. The molecule has 0 unspecified atom stereocenters. The van der Waals surface area contributed by atoms with E-state index in [-0.39, 0.29) is 18.6 Å². The first kappa shape index (κ1) is 14.2. The monoisotopic (exact) mass is 236 g/mol. The third kappa shape index (κ3) is 3.83. The van der Waals surface area contributed by atoms with Crippen LogP contribution >= 0.6 is 0 Å². The van der Waals surface area contributed by atoms with Crippen molar-refractivity contribution >= 4 is 0 Å². The molecule has 2 heteroatoms. The fourth-order valence-electron chi connectivity index (χ4n) is 2.15. The van der Waals surface area contributed by atoms with Gasteiger partial charge in [0.05, 0.1) is 13.2 Å². The molecule has 0 saturated carbocycles. The Morgan fingerprint density at radius 3 is 2.12 bits per heavy atom. The van der Waals surface area contributed by atoms with Crippen LogP contribution in [0.4, 0.5) is 0 Å². The quantitative estimate of drug-likeness (QED) is 0.764. The lowest BCUT2D eigenvalue weighted by Crippen LogP contribution is -2.35. The third-order valence-electron chi connectivity index (χ3n) is 3.84. The van der Waals surface area contributed by atoms with Crippen LogP contribution in [0.5, 0.6) is 0 Å². The summed E-state index contributed by atoms with van der Waals surface area (Å²) in [6.45, 7) is 4.26. The maximum absolute atomic E-state index is 9.48. The summed E-state index contributed by atoms with van der Waals surface area (Å²) in [5.74, 6) is 0.299. The second kappa shape index (κ2) is 6.77. The molecule has 96 valence electrons. The van der Waals surface area contributed by atoms with Gasteiger partial charge in [0.1, 0.15) is 0 Å². The Labute approximate surface area is 104 Å². The van der Waals surface area contributed by atoms with E-state index in [9.17, 15) is 10.2 Å². The number of aliphatic hydroxyl groups excluding tert-OH is 2. The minimum Gasteiger partial charge on any atom is -0.396 e. The Morgan fingerprint density at radius 1 is 1.06 bits per heavy atom. The summed E-state index contributed by atoms with van der Waals surface area (Å²) in [6, 6.07) is 10.3. The van der Waals surface area contributed by atoms with Crippen molar-refractivity contribution < 1.29 is 10.2 Å². The summed E-state index contributed by atoms with van der Waals surface area (Å²) < 4.78 is 0. The molecule has 0 aliphatic heterocycles. The van der Waals surface area contributed by atoms with Gasteiger partial charge in [0, 0.05) is 5.41 Å². The molecule has 0 aliphatic carbocycles. The van der Waals surface area contributed by atoms with Gasteiger partial charge in [-0.1, -0.05) is 44.2 Å². The van der Waals surface area contributed by atoms with Crippen molar-refractivity contribution in [3.05, 3.63) is 35.9 Å². The van der Waals surface area contributed by atoms with Gasteiger partial charge in [0.25, 0.3) is 0 Å². The maximum atomic E-state index is 9.48. The fourth-order valence-corrected chi connectivity index (χ4v) is 2.15. The Kier molecular flexibility index (Phi) is 5.66. The SMILES string of the molecule is CC(C)C(CO)(CO)CCCc1ccccc1. The summed E-state index contributed by atoms with van der Waals surface area (Å²) in [5.41, 5.74) is 0.996. The molecule has 0 aromatic heterocycles. The molecule has 1 rings (SSSR count). The maximum Gasteiger partial charge on any atom is 0.0511 e. The summed E-state index contributed by atoms with van der Waals surface area (Å²) in [5, 5.41) is 19.0. The molecule has 0 radical (unpaired) electrons. The number of hydrogen-bond acceptors (Lipinski definition) is 2. The Morgan fingerprint density at radius 2 is 1.65 bits per heavy atom. The molecule has 17 heavy (non-hydrogen) atoms. The Hall–Kier alpha value is -0.860. The zero-order valence-corrected chi connectivity index (χ0v) is 10.9. The van der Waals surface area contributed by atoms with Crippen LogP contribution in [0.15, 0.2) is 30.3 Å². The standard InChI is InChI=1S/C15H24O2/c1-13(2)15(11-16,12-17)10-6-9-14-7-4-3-5-8-14/h3-5,7-8,13,16-17H,6,9-12H2,1-2H3. The highest BCUT2D eigenvalue weighted by Crippen LogP contribution is 2.32. The van der Waals surface area contributed by atoms with Crippen LogP contribution in [-0.2, 0) is 6.42 Å². The van der Waals surface area contributed by atoms with Crippen molar-refractivity contribution in [2.45, 2.75) is 33.1 Å². The van der Waals surface area contributed by atoms with Crippen molar-refractivity contribution in [1.82, 2.24) is 0 Å². The molecule has 0 fully saturated rings. The highest BCUT2D eigenvalue weighted by molar-refractivity contribution is 5.14. The van der Waals surface area contributed by atoms with Gasteiger partial charge in [-0.15, -0.1) is 0 Å². The van der Waals surface area contributed by atoms with E-state index < -0.39 is 0 Å². The van der Waals surface area contributed by atoms with Crippen LogP contribution in [0.25, 0.3) is 0 Å². The summed E-state index contributed by atoms with van der Waals surface area (Å²) >= 11 is 0. The van der Waals surface area contributed by atoms with Crippen molar-refractivity contribution in [2.75, 3.05) is 13.2 Å². The van der Waals surface area contributed by atoms with Gasteiger partial charge >= 0.3 is 0 Å². The summed E-state index contributed by atoms with van der Waals surface area (Å²) in [4.78, 5) is 0. The number of benzene rings is 1. The van der Waals surface area contributed by atoms with Gasteiger partial charge in [-0.25, -0.2) is 0 Å². The minimum atomic E-state index is -0.325. The van der Waals surface area contributed by atoms with Crippen molar-refractivity contribution in [1.29, 1.82) is 0 Å². The predicted molar refractivity (Wildman–Crippen MR) is 70.8 cm³/mol. The smallest absolute Gasteiger partial charge is 0.0511 e. The van der Waals surface area contributed by atoms with E-state index in [1.807, 2.05) is 18.2 Å². The van der Waals surface area contributed by atoms with E-state index in [4.69, 9.17) is 0 Å². The van der Waals surface area contributed by atoms with Crippen LogP contribution < -0.4 is 0 Å². The second-order valence-electron chi connectivity index (χ2n) is 5.17. The lowest BCUT2D eigenvalue weighted by atomic mass is 9.74. The van der Waals surface area contributed by atoms with E-state index in [2.05, 4.69) is 26.0 Å². The van der Waals surface area contributed by atoms with Crippen LogP contribution in [0.1, 0.15) is 32.3 Å². The average Bonchev–Trinajstić information content (AvgIpc) is 2.36. The van der Waals surface area contributed by atoms with Crippen molar-refractivity contribution in [3.8, 4) is 0 Å². The largest absolute Gasteiger partial charge is 0.396 e. The van der Waals surface area contributed by atoms with Crippen LogP contribution in [0.3, 0.4) is 0 Å². The molecule has 2 nitrogen and oxygen atoms in total. The lowest BCUT2D eigenvalue weighted by molar-refractivity contribution is 0.00744. The minimum absolute atomic E-state index is 0.0654. The van der Waals surface area contributed by atoms with E-state index >= 15 is 0 Å². The molecule has 1 aromatic carbocycles. The topological polar surface area (TPSA) is 40.5 Å². The molecular formula is C15H24O2. The normalized spacial score (nSPS) is 12.1. The molecule has 0 heterocycles. The molecule has 0 saturated heterocycles. The molecule has 0 bridgehead atoms. The molecule has 0 aliphatic rings. The first-order chi connectivity index (χ1) is 8.14. The zero-order chi connectivity index (χ0) is 12.7. The Balaban J connectivity index is 2.48. The van der Waals surface area contributed by atoms with Crippen molar-refractivity contribution in [2.24, 2.45) is 11.3 Å². The third-order valence-corrected chi connectivity index (χ3v) is 3.84.